The minimum Gasteiger partial charge on any atom is -0.497 e. The Morgan fingerprint density at radius 2 is 1.70 bits per heavy atom. The highest BCUT2D eigenvalue weighted by Crippen LogP contribution is 2.24. The monoisotopic (exact) mass is 450 g/mol. The van der Waals surface area contributed by atoms with E-state index in [0.29, 0.717) is 18.6 Å². The molecule has 0 unspecified atom stereocenters. The molecule has 0 bridgehead atoms. The number of hydrogen-bond acceptors (Lipinski definition) is 5. The van der Waals surface area contributed by atoms with Gasteiger partial charge in [0.2, 0.25) is 0 Å². The van der Waals surface area contributed by atoms with Gasteiger partial charge < -0.3 is 14.2 Å². The zero-order valence-electron chi connectivity index (χ0n) is 20.4. The number of methoxy groups -OCH3 is 1. The smallest absolute Gasteiger partial charge is 0.331 e. The summed E-state index contributed by atoms with van der Waals surface area (Å²) in [5, 5.41) is 0. The van der Waals surface area contributed by atoms with Crippen LogP contribution in [0.5, 0.6) is 11.5 Å². The molecule has 5 nitrogen and oxygen atoms in total. The lowest BCUT2D eigenvalue weighted by molar-refractivity contribution is -0.148. The van der Waals surface area contributed by atoms with Crippen molar-refractivity contribution < 1.29 is 23.8 Å². The molecule has 33 heavy (non-hydrogen) atoms. The highest BCUT2D eigenvalue weighted by atomic mass is 16.6. The summed E-state index contributed by atoms with van der Waals surface area (Å²) in [5.74, 6) is 0.622. The Hall–Kier alpha value is -3.34. The van der Waals surface area contributed by atoms with E-state index in [1.165, 1.54) is 11.6 Å². The molecular formula is C28H34O5. The van der Waals surface area contributed by atoms with Crippen molar-refractivity contribution in [3.05, 3.63) is 76.9 Å². The van der Waals surface area contributed by atoms with Gasteiger partial charge in [0.05, 0.1) is 7.11 Å². The normalized spacial score (nSPS) is 11.2. The predicted octanol–water partition coefficient (Wildman–Crippen LogP) is 6.10. The quantitative estimate of drug-likeness (QED) is 0.200. The molecule has 0 aliphatic heterocycles. The van der Waals surface area contributed by atoms with Gasteiger partial charge in [0.15, 0.2) is 0 Å². The van der Waals surface area contributed by atoms with Crippen molar-refractivity contribution in [2.24, 2.45) is 0 Å². The Bertz CT molecular complexity index is 1000. The van der Waals surface area contributed by atoms with Gasteiger partial charge >= 0.3 is 11.9 Å². The van der Waals surface area contributed by atoms with Crippen LogP contribution in [0.1, 0.15) is 57.7 Å². The summed E-state index contributed by atoms with van der Waals surface area (Å²) in [6.45, 7) is 9.52. The summed E-state index contributed by atoms with van der Waals surface area (Å²) >= 11 is 0. The number of rotatable bonds is 9. The van der Waals surface area contributed by atoms with Crippen molar-refractivity contribution in [1.82, 2.24) is 0 Å². The zero-order chi connectivity index (χ0) is 24.4. The van der Waals surface area contributed by atoms with Crippen LogP contribution in [0.3, 0.4) is 0 Å². The molecule has 176 valence electrons. The van der Waals surface area contributed by atoms with E-state index in [0.717, 1.165) is 22.4 Å². The largest absolute Gasteiger partial charge is 0.497 e. The fourth-order valence-corrected chi connectivity index (χ4v) is 2.99. The summed E-state index contributed by atoms with van der Waals surface area (Å²) in [4.78, 5) is 24.5. The van der Waals surface area contributed by atoms with E-state index in [-0.39, 0.29) is 12.4 Å². The molecule has 0 saturated carbocycles. The number of ether oxygens (including phenoxy) is 3. The number of esters is 2. The van der Waals surface area contributed by atoms with E-state index in [9.17, 15) is 9.59 Å². The van der Waals surface area contributed by atoms with Crippen LogP contribution in [0.4, 0.5) is 0 Å². The maximum Gasteiger partial charge on any atom is 0.331 e. The number of allylic oxidation sites excluding steroid dienone is 2. The van der Waals surface area contributed by atoms with Crippen LogP contribution in [0, 0.1) is 0 Å². The van der Waals surface area contributed by atoms with E-state index in [2.05, 4.69) is 6.08 Å². The van der Waals surface area contributed by atoms with Crippen molar-refractivity contribution in [1.29, 1.82) is 0 Å². The fraction of sp³-hybridized carbons (Fsp3) is 0.357. The zero-order valence-corrected chi connectivity index (χ0v) is 20.4. The van der Waals surface area contributed by atoms with Crippen LogP contribution >= 0.6 is 0 Å². The molecular weight excluding hydrogens is 416 g/mol. The number of carbonyl (C=O) groups is 2. The number of benzene rings is 2. The third-order valence-electron chi connectivity index (χ3n) is 4.63. The summed E-state index contributed by atoms with van der Waals surface area (Å²) in [6.07, 6.45) is 6.67. The number of hydrogen-bond donors (Lipinski definition) is 0. The summed E-state index contributed by atoms with van der Waals surface area (Å²) < 4.78 is 16.2. The van der Waals surface area contributed by atoms with Crippen molar-refractivity contribution >= 4 is 18.0 Å². The van der Waals surface area contributed by atoms with Crippen LogP contribution in [0.25, 0.3) is 6.08 Å². The van der Waals surface area contributed by atoms with Crippen LogP contribution in [0.2, 0.25) is 0 Å². The Kier molecular flexibility index (Phi) is 9.46. The van der Waals surface area contributed by atoms with Gasteiger partial charge in [-0.2, -0.15) is 0 Å². The van der Waals surface area contributed by atoms with Crippen LogP contribution in [0.15, 0.2) is 60.2 Å². The first-order chi connectivity index (χ1) is 15.6. The van der Waals surface area contributed by atoms with Gasteiger partial charge in [0.1, 0.15) is 17.1 Å². The number of aryl methyl sites for hydroxylation is 1. The van der Waals surface area contributed by atoms with Gasteiger partial charge in [-0.05, 0) is 94.5 Å². The molecule has 0 aliphatic carbocycles. The Labute approximate surface area is 197 Å². The third-order valence-corrected chi connectivity index (χ3v) is 4.63. The predicted molar refractivity (Wildman–Crippen MR) is 131 cm³/mol. The minimum atomic E-state index is -0.542. The van der Waals surface area contributed by atoms with Crippen LogP contribution in [-0.2, 0) is 27.2 Å². The molecule has 0 amide bonds. The molecule has 0 N–H and O–H groups in total. The minimum absolute atomic E-state index is 0.273. The molecule has 0 aliphatic rings. The molecule has 0 spiro atoms. The maximum absolute atomic E-state index is 12.5. The molecule has 5 heteroatoms. The molecule has 0 saturated heterocycles. The molecule has 0 radical (unpaired) electrons. The number of carbonyl (C=O) groups excluding carboxylic acids is 2. The molecule has 0 fully saturated rings. The van der Waals surface area contributed by atoms with Crippen molar-refractivity contribution in [2.45, 2.75) is 59.5 Å². The summed E-state index contributed by atoms with van der Waals surface area (Å²) in [6, 6.07) is 13.2. The molecule has 0 heterocycles. The first-order valence-corrected chi connectivity index (χ1v) is 11.1. The van der Waals surface area contributed by atoms with Gasteiger partial charge in [-0.1, -0.05) is 29.8 Å². The van der Waals surface area contributed by atoms with Crippen molar-refractivity contribution in [3.8, 4) is 11.5 Å². The average Bonchev–Trinajstić information content (AvgIpc) is 2.75. The molecule has 2 rings (SSSR count). The lowest BCUT2D eigenvalue weighted by Crippen LogP contribution is -2.22. The molecule has 0 atom stereocenters. The maximum atomic E-state index is 12.5. The fourth-order valence-electron chi connectivity index (χ4n) is 2.99. The first-order valence-electron chi connectivity index (χ1n) is 11.1. The van der Waals surface area contributed by atoms with Gasteiger partial charge in [-0.25, -0.2) is 4.79 Å². The Morgan fingerprint density at radius 1 is 1.00 bits per heavy atom. The second kappa shape index (κ2) is 12.0. The summed E-state index contributed by atoms with van der Waals surface area (Å²) in [5.41, 5.74) is 3.37. The van der Waals surface area contributed by atoms with Gasteiger partial charge in [-0.15, -0.1) is 0 Å². The van der Waals surface area contributed by atoms with Gasteiger partial charge in [0.25, 0.3) is 0 Å². The Balaban J connectivity index is 2.09. The van der Waals surface area contributed by atoms with Crippen LogP contribution in [-0.4, -0.2) is 24.6 Å². The topological polar surface area (TPSA) is 61.8 Å². The van der Waals surface area contributed by atoms with E-state index in [4.69, 9.17) is 14.2 Å². The highest BCUT2D eigenvalue weighted by Gasteiger charge is 2.14. The highest BCUT2D eigenvalue weighted by molar-refractivity contribution is 5.87. The van der Waals surface area contributed by atoms with Crippen molar-refractivity contribution in [3.63, 3.8) is 0 Å². The van der Waals surface area contributed by atoms with E-state index >= 15 is 0 Å². The van der Waals surface area contributed by atoms with E-state index in [1.54, 1.807) is 19.3 Å². The van der Waals surface area contributed by atoms with Gasteiger partial charge in [0, 0.05) is 12.5 Å². The van der Waals surface area contributed by atoms with Crippen molar-refractivity contribution in [2.75, 3.05) is 7.11 Å². The molecule has 0 aromatic heterocycles. The first kappa shape index (κ1) is 25.9. The van der Waals surface area contributed by atoms with E-state index in [1.807, 2.05) is 71.0 Å². The van der Waals surface area contributed by atoms with E-state index < -0.39 is 11.6 Å². The lowest BCUT2D eigenvalue weighted by atomic mass is 10.0. The average molecular weight is 451 g/mol. The standard InChI is InChI=1S/C28H34O5/c1-20(2)7-13-23-19-22(12-18-27(30)33-28(3,4)5)10-16-25(23)32-26(29)17-11-21-8-14-24(31-6)15-9-21/h7-10,12,14-16,18-19H,11,13,17H2,1-6H3/b18-12+. The Morgan fingerprint density at radius 3 is 2.30 bits per heavy atom. The lowest BCUT2D eigenvalue weighted by Gasteiger charge is -2.17. The molecule has 2 aromatic rings. The third kappa shape index (κ3) is 9.77. The second-order valence-corrected chi connectivity index (χ2v) is 9.04. The second-order valence-electron chi connectivity index (χ2n) is 9.04. The van der Waals surface area contributed by atoms with Crippen LogP contribution < -0.4 is 9.47 Å². The summed E-state index contributed by atoms with van der Waals surface area (Å²) in [7, 11) is 1.62. The van der Waals surface area contributed by atoms with Gasteiger partial charge in [-0.3, -0.25) is 4.79 Å². The molecule has 2 aromatic carbocycles. The SMILES string of the molecule is COc1ccc(CCC(=O)Oc2ccc(/C=C/C(=O)OC(C)(C)C)cc2CC=C(C)C)cc1.